The van der Waals surface area contributed by atoms with Crippen molar-refractivity contribution in [1.82, 2.24) is 5.32 Å². The fourth-order valence-corrected chi connectivity index (χ4v) is 2.67. The molecule has 14 heavy (non-hydrogen) atoms. The molecule has 0 saturated carbocycles. The molecule has 2 aliphatic rings. The number of fused-ring (bicyclic) bond motifs is 3. The lowest BCUT2D eigenvalue weighted by molar-refractivity contribution is 0.503. The Labute approximate surface area is 88.9 Å². The molecule has 1 N–H and O–H groups in total. The summed E-state index contributed by atoms with van der Waals surface area (Å²) in [5.74, 6) is 0. The summed E-state index contributed by atoms with van der Waals surface area (Å²) < 4.78 is 0. The zero-order valence-electron chi connectivity index (χ0n) is 7.96. The summed E-state index contributed by atoms with van der Waals surface area (Å²) in [5, 5.41) is 4.37. The number of nitrogens with zero attached hydrogens (tertiary/aromatic N) is 1. The smallest absolute Gasteiger partial charge is 0.0799 e. The Morgan fingerprint density at radius 3 is 3.29 bits per heavy atom. The largest absolute Gasteiger partial charge is 0.356 e. The van der Waals surface area contributed by atoms with Gasteiger partial charge in [-0.2, -0.15) is 0 Å². The molecule has 0 aromatic heterocycles. The van der Waals surface area contributed by atoms with Crippen LogP contribution in [-0.2, 0) is 6.54 Å². The lowest BCUT2D eigenvalue weighted by Crippen LogP contribution is -2.45. The van der Waals surface area contributed by atoms with Crippen LogP contribution in [0.2, 0.25) is 5.02 Å². The Hall–Kier alpha value is -0.730. The van der Waals surface area contributed by atoms with Crippen molar-refractivity contribution in [3.8, 4) is 0 Å². The van der Waals surface area contributed by atoms with Crippen LogP contribution in [0.4, 0.5) is 5.69 Å². The van der Waals surface area contributed by atoms with E-state index in [1.165, 1.54) is 30.6 Å². The second-order valence-corrected chi connectivity index (χ2v) is 4.44. The van der Waals surface area contributed by atoms with Crippen LogP contribution in [0.25, 0.3) is 0 Å². The SMILES string of the molecule is Clc1ccc2c(c1)CNC1CCCN21. The molecule has 0 radical (unpaired) electrons. The molecule has 1 saturated heterocycles. The molecule has 2 aliphatic heterocycles. The van der Waals surface area contributed by atoms with Crippen LogP contribution in [-0.4, -0.2) is 12.7 Å². The molecule has 0 spiro atoms. The van der Waals surface area contributed by atoms with Gasteiger partial charge in [-0.05, 0) is 36.6 Å². The normalized spacial score (nSPS) is 24.6. The van der Waals surface area contributed by atoms with Crippen molar-refractivity contribution in [3.05, 3.63) is 28.8 Å². The van der Waals surface area contributed by atoms with Crippen molar-refractivity contribution in [3.63, 3.8) is 0 Å². The van der Waals surface area contributed by atoms with E-state index in [-0.39, 0.29) is 0 Å². The van der Waals surface area contributed by atoms with Crippen LogP contribution in [0.1, 0.15) is 18.4 Å². The molecule has 2 heterocycles. The van der Waals surface area contributed by atoms with Crippen LogP contribution in [0, 0.1) is 0 Å². The molecule has 0 bridgehead atoms. The van der Waals surface area contributed by atoms with E-state index in [0.29, 0.717) is 6.17 Å². The quantitative estimate of drug-likeness (QED) is 0.704. The van der Waals surface area contributed by atoms with Gasteiger partial charge in [-0.3, -0.25) is 5.32 Å². The van der Waals surface area contributed by atoms with Crippen LogP contribution < -0.4 is 10.2 Å². The van der Waals surface area contributed by atoms with E-state index in [9.17, 15) is 0 Å². The summed E-state index contributed by atoms with van der Waals surface area (Å²) in [6, 6.07) is 6.20. The van der Waals surface area contributed by atoms with Crippen LogP contribution in [0.5, 0.6) is 0 Å². The minimum atomic E-state index is 0.559. The highest BCUT2D eigenvalue weighted by Gasteiger charge is 2.29. The Morgan fingerprint density at radius 2 is 2.36 bits per heavy atom. The van der Waals surface area contributed by atoms with E-state index in [2.05, 4.69) is 22.3 Å². The highest BCUT2D eigenvalue weighted by molar-refractivity contribution is 6.30. The Morgan fingerprint density at radius 1 is 1.43 bits per heavy atom. The first-order valence-electron chi connectivity index (χ1n) is 5.13. The highest BCUT2D eigenvalue weighted by Crippen LogP contribution is 2.32. The van der Waals surface area contributed by atoms with Gasteiger partial charge < -0.3 is 4.90 Å². The standard InChI is InChI=1S/C11H13ClN2/c12-9-3-4-10-8(6-9)7-13-11-2-1-5-14(10)11/h3-4,6,11,13H,1-2,5,7H2. The minimum absolute atomic E-state index is 0.559. The van der Waals surface area contributed by atoms with Crippen molar-refractivity contribution in [2.75, 3.05) is 11.4 Å². The van der Waals surface area contributed by atoms with Gasteiger partial charge in [0.2, 0.25) is 0 Å². The summed E-state index contributed by atoms with van der Waals surface area (Å²) >= 11 is 5.97. The van der Waals surface area contributed by atoms with Gasteiger partial charge in [0.25, 0.3) is 0 Å². The Bertz CT molecular complexity index is 364. The zero-order chi connectivity index (χ0) is 9.54. The molecule has 0 amide bonds. The maximum atomic E-state index is 5.97. The van der Waals surface area contributed by atoms with E-state index < -0.39 is 0 Å². The van der Waals surface area contributed by atoms with Gasteiger partial charge in [0, 0.05) is 23.8 Å². The molecule has 1 atom stereocenters. The van der Waals surface area contributed by atoms with Gasteiger partial charge in [-0.15, -0.1) is 0 Å². The van der Waals surface area contributed by atoms with Crippen LogP contribution in [0.3, 0.4) is 0 Å². The average molecular weight is 209 g/mol. The third kappa shape index (κ3) is 1.22. The number of rotatable bonds is 0. The van der Waals surface area contributed by atoms with E-state index in [1.54, 1.807) is 0 Å². The molecule has 1 unspecified atom stereocenters. The van der Waals surface area contributed by atoms with Gasteiger partial charge >= 0.3 is 0 Å². The van der Waals surface area contributed by atoms with Crippen molar-refractivity contribution < 1.29 is 0 Å². The topological polar surface area (TPSA) is 15.3 Å². The summed E-state index contributed by atoms with van der Waals surface area (Å²) in [6.45, 7) is 2.13. The number of nitrogens with one attached hydrogen (secondary N) is 1. The predicted molar refractivity (Wildman–Crippen MR) is 58.7 cm³/mol. The molecule has 1 aromatic carbocycles. The third-order valence-electron chi connectivity index (χ3n) is 3.13. The fraction of sp³-hybridized carbons (Fsp3) is 0.455. The molecular weight excluding hydrogens is 196 g/mol. The van der Waals surface area contributed by atoms with Crippen molar-refractivity contribution in [2.24, 2.45) is 0 Å². The third-order valence-corrected chi connectivity index (χ3v) is 3.37. The molecule has 1 fully saturated rings. The zero-order valence-corrected chi connectivity index (χ0v) is 8.72. The molecule has 74 valence electrons. The van der Waals surface area contributed by atoms with Crippen LogP contribution >= 0.6 is 11.6 Å². The predicted octanol–water partition coefficient (Wildman–Crippen LogP) is 2.37. The van der Waals surface area contributed by atoms with Crippen molar-refractivity contribution >= 4 is 17.3 Å². The second kappa shape index (κ2) is 3.14. The summed E-state index contributed by atoms with van der Waals surface area (Å²) in [5.41, 5.74) is 2.70. The van der Waals surface area contributed by atoms with Crippen molar-refractivity contribution in [1.29, 1.82) is 0 Å². The van der Waals surface area contributed by atoms with Gasteiger partial charge in [0.05, 0.1) is 6.17 Å². The van der Waals surface area contributed by atoms with Gasteiger partial charge in [-0.25, -0.2) is 0 Å². The van der Waals surface area contributed by atoms with Gasteiger partial charge in [-0.1, -0.05) is 11.6 Å². The lowest BCUT2D eigenvalue weighted by atomic mass is 10.1. The highest BCUT2D eigenvalue weighted by atomic mass is 35.5. The first-order chi connectivity index (χ1) is 6.84. The maximum absolute atomic E-state index is 5.97. The fourth-order valence-electron chi connectivity index (χ4n) is 2.47. The lowest BCUT2D eigenvalue weighted by Gasteiger charge is -2.34. The molecule has 3 rings (SSSR count). The van der Waals surface area contributed by atoms with Gasteiger partial charge in [0.15, 0.2) is 0 Å². The Kier molecular flexibility index (Phi) is 1.92. The minimum Gasteiger partial charge on any atom is -0.356 e. The average Bonchev–Trinajstić information content (AvgIpc) is 2.65. The summed E-state index contributed by atoms with van der Waals surface area (Å²) in [7, 11) is 0. The van der Waals surface area contributed by atoms with E-state index in [4.69, 9.17) is 11.6 Å². The number of halogens is 1. The first-order valence-corrected chi connectivity index (χ1v) is 5.51. The van der Waals surface area contributed by atoms with E-state index in [0.717, 1.165) is 11.6 Å². The Balaban J connectivity index is 2.05. The van der Waals surface area contributed by atoms with Gasteiger partial charge in [0.1, 0.15) is 0 Å². The van der Waals surface area contributed by atoms with Crippen molar-refractivity contribution in [2.45, 2.75) is 25.6 Å². The van der Waals surface area contributed by atoms with E-state index >= 15 is 0 Å². The maximum Gasteiger partial charge on any atom is 0.0799 e. The summed E-state index contributed by atoms with van der Waals surface area (Å²) in [6.07, 6.45) is 3.12. The first kappa shape index (κ1) is 8.57. The van der Waals surface area contributed by atoms with Crippen LogP contribution in [0.15, 0.2) is 18.2 Å². The number of hydrogen-bond donors (Lipinski definition) is 1. The number of anilines is 1. The molecule has 2 nitrogen and oxygen atoms in total. The molecule has 1 aromatic rings. The van der Waals surface area contributed by atoms with E-state index in [1.807, 2.05) is 6.07 Å². The number of benzene rings is 1. The monoisotopic (exact) mass is 208 g/mol. The summed E-state index contributed by atoms with van der Waals surface area (Å²) in [4.78, 5) is 2.45. The molecule has 3 heteroatoms. The molecule has 0 aliphatic carbocycles. The number of hydrogen-bond acceptors (Lipinski definition) is 2. The molecular formula is C11H13ClN2. The second-order valence-electron chi connectivity index (χ2n) is 4.01.